The van der Waals surface area contributed by atoms with E-state index < -0.39 is 0 Å². The van der Waals surface area contributed by atoms with Crippen LogP contribution < -0.4 is 0 Å². The average Bonchev–Trinajstić information content (AvgIpc) is 2.67. The van der Waals surface area contributed by atoms with Crippen molar-refractivity contribution in [2.75, 3.05) is 0 Å². The molecule has 0 aliphatic rings. The second-order valence-corrected chi connectivity index (χ2v) is 7.19. The number of halogens is 2. The molecule has 0 fully saturated rings. The molecule has 1 aromatic heterocycles. The molecule has 1 heterocycles. The molecule has 0 aliphatic heterocycles. The van der Waals surface area contributed by atoms with Crippen LogP contribution in [0.15, 0.2) is 44.7 Å². The van der Waals surface area contributed by atoms with Crippen molar-refractivity contribution in [2.45, 2.75) is 12.8 Å². The molecule has 4 heteroatoms. The minimum Gasteiger partial charge on any atom is -0.299 e. The molecule has 0 aliphatic carbocycles. The smallest absolute Gasteiger partial charge is 0.142 e. The van der Waals surface area contributed by atoms with Crippen LogP contribution in [0, 0.1) is 0 Å². The van der Waals surface area contributed by atoms with Crippen LogP contribution in [0.1, 0.15) is 10.4 Å². The maximum atomic E-state index is 11.9. The Kier molecular flexibility index (Phi) is 4.54. The lowest BCUT2D eigenvalue weighted by Gasteiger charge is -2.00. The molecule has 88 valence electrons. The van der Waals surface area contributed by atoms with Crippen LogP contribution in [0.5, 0.6) is 0 Å². The van der Waals surface area contributed by atoms with Gasteiger partial charge in [0, 0.05) is 22.2 Å². The zero-order valence-corrected chi connectivity index (χ0v) is 12.9. The Hall–Kier alpha value is -0.450. The van der Waals surface area contributed by atoms with Gasteiger partial charge in [-0.15, -0.1) is 11.3 Å². The quantitative estimate of drug-likeness (QED) is 0.763. The normalized spacial score (nSPS) is 10.5. The first kappa shape index (κ1) is 13.0. The number of thiophene rings is 1. The molecule has 0 bridgehead atoms. The molecule has 0 radical (unpaired) electrons. The molecular formula is C13H10Br2OS. The molecule has 0 spiro atoms. The van der Waals surface area contributed by atoms with E-state index in [-0.39, 0.29) is 5.78 Å². The first-order chi connectivity index (χ1) is 8.13. The van der Waals surface area contributed by atoms with Gasteiger partial charge in [0.1, 0.15) is 5.78 Å². The van der Waals surface area contributed by atoms with Crippen LogP contribution in [0.3, 0.4) is 0 Å². The van der Waals surface area contributed by atoms with Crippen LogP contribution in [0.25, 0.3) is 0 Å². The van der Waals surface area contributed by atoms with Crippen molar-refractivity contribution >= 4 is 49.0 Å². The molecule has 0 saturated heterocycles. The number of rotatable bonds is 4. The molecule has 2 rings (SSSR count). The Morgan fingerprint density at radius 1 is 1.00 bits per heavy atom. The van der Waals surface area contributed by atoms with Crippen molar-refractivity contribution < 1.29 is 4.79 Å². The SMILES string of the molecule is O=C(Cc1ccc(Br)cc1)Cc1ccc(Br)s1. The van der Waals surface area contributed by atoms with Crippen molar-refractivity contribution in [3.05, 3.63) is 55.1 Å². The van der Waals surface area contributed by atoms with E-state index in [4.69, 9.17) is 0 Å². The Labute approximate surface area is 121 Å². The first-order valence-corrected chi connectivity index (χ1v) is 7.54. The summed E-state index contributed by atoms with van der Waals surface area (Å²) >= 11 is 8.40. The van der Waals surface area contributed by atoms with E-state index in [0.29, 0.717) is 12.8 Å². The summed E-state index contributed by atoms with van der Waals surface area (Å²) in [7, 11) is 0. The lowest BCUT2D eigenvalue weighted by Crippen LogP contribution is -2.05. The van der Waals surface area contributed by atoms with Crippen LogP contribution >= 0.6 is 43.2 Å². The number of hydrogen-bond acceptors (Lipinski definition) is 2. The largest absolute Gasteiger partial charge is 0.299 e. The molecular weight excluding hydrogens is 364 g/mol. The van der Waals surface area contributed by atoms with Gasteiger partial charge in [-0.25, -0.2) is 0 Å². The summed E-state index contributed by atoms with van der Waals surface area (Å²) in [4.78, 5) is 13.0. The van der Waals surface area contributed by atoms with Crippen LogP contribution in [0.4, 0.5) is 0 Å². The van der Waals surface area contributed by atoms with Gasteiger partial charge < -0.3 is 0 Å². The van der Waals surface area contributed by atoms with Gasteiger partial charge in [-0.3, -0.25) is 4.79 Å². The van der Waals surface area contributed by atoms with Gasteiger partial charge in [-0.2, -0.15) is 0 Å². The zero-order valence-electron chi connectivity index (χ0n) is 8.95. The predicted molar refractivity (Wildman–Crippen MR) is 78.6 cm³/mol. The van der Waals surface area contributed by atoms with Crippen molar-refractivity contribution in [3.8, 4) is 0 Å². The molecule has 0 atom stereocenters. The Morgan fingerprint density at radius 2 is 1.71 bits per heavy atom. The van der Waals surface area contributed by atoms with Crippen LogP contribution in [-0.2, 0) is 17.6 Å². The summed E-state index contributed by atoms with van der Waals surface area (Å²) in [6.07, 6.45) is 1.02. The molecule has 2 aromatic rings. The fraction of sp³-hybridized carbons (Fsp3) is 0.154. The second kappa shape index (κ2) is 5.94. The van der Waals surface area contributed by atoms with E-state index in [1.807, 2.05) is 36.4 Å². The molecule has 17 heavy (non-hydrogen) atoms. The molecule has 0 unspecified atom stereocenters. The molecule has 0 amide bonds. The third kappa shape index (κ3) is 4.05. The predicted octanol–water partition coefficient (Wildman–Crippen LogP) is 4.63. The lowest BCUT2D eigenvalue weighted by atomic mass is 10.1. The van der Waals surface area contributed by atoms with Crippen molar-refractivity contribution in [3.63, 3.8) is 0 Å². The van der Waals surface area contributed by atoms with E-state index >= 15 is 0 Å². The van der Waals surface area contributed by atoms with E-state index in [1.165, 1.54) is 0 Å². The minimum atomic E-state index is 0.252. The number of hydrogen-bond donors (Lipinski definition) is 0. The first-order valence-electron chi connectivity index (χ1n) is 5.14. The van der Waals surface area contributed by atoms with Gasteiger partial charge in [0.2, 0.25) is 0 Å². The summed E-state index contributed by atoms with van der Waals surface area (Å²) in [5.41, 5.74) is 1.06. The van der Waals surface area contributed by atoms with E-state index in [9.17, 15) is 4.79 Å². The number of ketones is 1. The monoisotopic (exact) mass is 372 g/mol. The molecule has 0 saturated carbocycles. The van der Waals surface area contributed by atoms with Gasteiger partial charge in [-0.1, -0.05) is 28.1 Å². The number of benzene rings is 1. The Morgan fingerprint density at radius 3 is 2.29 bits per heavy atom. The molecule has 1 nitrogen and oxygen atoms in total. The Balaban J connectivity index is 1.95. The van der Waals surface area contributed by atoms with Gasteiger partial charge in [-0.05, 0) is 45.8 Å². The number of carbonyl (C=O) groups excluding carboxylic acids is 1. The van der Waals surface area contributed by atoms with Gasteiger partial charge in [0.15, 0.2) is 0 Å². The highest BCUT2D eigenvalue weighted by atomic mass is 79.9. The highest BCUT2D eigenvalue weighted by Gasteiger charge is 2.07. The van der Waals surface area contributed by atoms with Gasteiger partial charge >= 0.3 is 0 Å². The topological polar surface area (TPSA) is 17.1 Å². The summed E-state index contributed by atoms with van der Waals surface area (Å²) in [5.74, 6) is 0.252. The molecule has 0 N–H and O–H groups in total. The minimum absolute atomic E-state index is 0.252. The lowest BCUT2D eigenvalue weighted by molar-refractivity contribution is -0.117. The fourth-order valence-corrected chi connectivity index (χ4v) is 3.31. The van der Waals surface area contributed by atoms with E-state index in [1.54, 1.807) is 11.3 Å². The summed E-state index contributed by atoms with van der Waals surface area (Å²) < 4.78 is 2.11. The Bertz CT molecular complexity index is 516. The highest BCUT2D eigenvalue weighted by Crippen LogP contribution is 2.23. The van der Waals surface area contributed by atoms with E-state index in [2.05, 4.69) is 31.9 Å². The average molecular weight is 374 g/mol. The maximum absolute atomic E-state index is 11.9. The number of Topliss-reactive ketones (excluding diaryl/α,β-unsaturated/α-hetero) is 1. The standard InChI is InChI=1S/C13H10Br2OS/c14-10-3-1-9(2-4-10)7-11(16)8-12-5-6-13(15)17-12/h1-6H,7-8H2. The van der Waals surface area contributed by atoms with E-state index in [0.717, 1.165) is 18.7 Å². The number of carbonyl (C=O) groups is 1. The van der Waals surface area contributed by atoms with Crippen molar-refractivity contribution in [1.82, 2.24) is 0 Å². The fourth-order valence-electron chi connectivity index (χ4n) is 1.53. The van der Waals surface area contributed by atoms with Crippen molar-refractivity contribution in [2.24, 2.45) is 0 Å². The third-order valence-corrected chi connectivity index (χ3v) is 4.47. The summed E-state index contributed by atoms with van der Waals surface area (Å²) in [5, 5.41) is 0. The zero-order chi connectivity index (χ0) is 12.3. The van der Waals surface area contributed by atoms with Crippen molar-refractivity contribution in [1.29, 1.82) is 0 Å². The summed E-state index contributed by atoms with van der Waals surface area (Å²) in [6.45, 7) is 0. The van der Waals surface area contributed by atoms with Gasteiger partial charge in [0.25, 0.3) is 0 Å². The second-order valence-electron chi connectivity index (χ2n) is 3.72. The van der Waals surface area contributed by atoms with Crippen LogP contribution in [-0.4, -0.2) is 5.78 Å². The third-order valence-electron chi connectivity index (χ3n) is 2.31. The summed E-state index contributed by atoms with van der Waals surface area (Å²) in [6, 6.07) is 11.9. The highest BCUT2D eigenvalue weighted by molar-refractivity contribution is 9.11. The maximum Gasteiger partial charge on any atom is 0.142 e. The van der Waals surface area contributed by atoms with Gasteiger partial charge in [0.05, 0.1) is 3.79 Å². The molecule has 1 aromatic carbocycles. The van der Waals surface area contributed by atoms with Crippen LogP contribution in [0.2, 0.25) is 0 Å².